The summed E-state index contributed by atoms with van der Waals surface area (Å²) in [7, 11) is 0. The Balaban J connectivity index is 1.54. The average molecular weight is 467 g/mol. The number of piperidine rings is 1. The van der Waals surface area contributed by atoms with Gasteiger partial charge in [0.2, 0.25) is 0 Å². The smallest absolute Gasteiger partial charge is 0.411 e. The maximum Gasteiger partial charge on any atom is 0.411 e. The van der Waals surface area contributed by atoms with Crippen LogP contribution in [-0.2, 0) is 19.1 Å². The number of esters is 1. The predicted octanol–water partition coefficient (Wildman–Crippen LogP) is 3.73. The standard InChI is InChI=1S/C26H30N2O6/c1-25(2,3)34-23(31)26(22(29)30)13-8-14-28(21(26)27)24(32)33-15-20-18-11-6-4-9-16(18)17-10-5-7-12-19(17)20/h4-7,9-12,20-21H,8,13-15,27H2,1-3H3,(H,29,30)/t21-,26+/m0/s1. The Labute approximate surface area is 198 Å². The van der Waals surface area contributed by atoms with E-state index < -0.39 is 35.2 Å². The first-order valence-corrected chi connectivity index (χ1v) is 11.4. The third-order valence-corrected chi connectivity index (χ3v) is 6.53. The number of likely N-dealkylation sites (tertiary alicyclic amines) is 1. The van der Waals surface area contributed by atoms with Gasteiger partial charge in [0, 0.05) is 12.5 Å². The molecule has 180 valence electrons. The molecule has 1 heterocycles. The first-order chi connectivity index (χ1) is 16.1. The van der Waals surface area contributed by atoms with Crippen molar-refractivity contribution in [1.29, 1.82) is 0 Å². The summed E-state index contributed by atoms with van der Waals surface area (Å²) in [5.41, 5.74) is 7.63. The first-order valence-electron chi connectivity index (χ1n) is 11.4. The van der Waals surface area contributed by atoms with E-state index in [0.29, 0.717) is 0 Å². The van der Waals surface area contributed by atoms with Crippen molar-refractivity contribution < 1.29 is 29.0 Å². The van der Waals surface area contributed by atoms with Crippen LogP contribution in [-0.4, -0.2) is 53.0 Å². The molecular weight excluding hydrogens is 436 g/mol. The molecule has 2 atom stereocenters. The summed E-state index contributed by atoms with van der Waals surface area (Å²) < 4.78 is 11.0. The Kier molecular flexibility index (Phi) is 6.12. The Hall–Kier alpha value is -3.39. The number of nitrogens with two attached hydrogens (primary N) is 1. The van der Waals surface area contributed by atoms with Crippen LogP contribution in [0, 0.1) is 5.41 Å². The van der Waals surface area contributed by atoms with Crippen molar-refractivity contribution in [1.82, 2.24) is 4.90 Å². The molecule has 2 aromatic rings. The number of hydrogen-bond donors (Lipinski definition) is 2. The fourth-order valence-corrected chi connectivity index (χ4v) is 4.88. The van der Waals surface area contributed by atoms with Gasteiger partial charge in [-0.2, -0.15) is 0 Å². The quantitative estimate of drug-likeness (QED) is 0.520. The lowest BCUT2D eigenvalue weighted by Gasteiger charge is -2.43. The van der Waals surface area contributed by atoms with Gasteiger partial charge in [-0.1, -0.05) is 48.5 Å². The van der Waals surface area contributed by atoms with Crippen molar-refractivity contribution in [2.24, 2.45) is 11.1 Å². The summed E-state index contributed by atoms with van der Waals surface area (Å²) in [6, 6.07) is 15.9. The van der Waals surface area contributed by atoms with Crippen molar-refractivity contribution in [2.45, 2.75) is 51.3 Å². The van der Waals surface area contributed by atoms with Gasteiger partial charge in [-0.15, -0.1) is 0 Å². The minimum atomic E-state index is -2.06. The van der Waals surface area contributed by atoms with Crippen molar-refractivity contribution in [2.75, 3.05) is 13.2 Å². The van der Waals surface area contributed by atoms with Crippen LogP contribution in [0.4, 0.5) is 4.79 Å². The molecule has 8 heteroatoms. The number of ether oxygens (including phenoxy) is 2. The lowest BCUT2D eigenvalue weighted by atomic mass is 9.76. The fourth-order valence-electron chi connectivity index (χ4n) is 4.88. The van der Waals surface area contributed by atoms with Gasteiger partial charge in [-0.3, -0.25) is 14.5 Å². The molecule has 1 amide bonds. The number of benzene rings is 2. The maximum atomic E-state index is 13.1. The number of nitrogens with zero attached hydrogens (tertiary/aromatic N) is 1. The summed E-state index contributed by atoms with van der Waals surface area (Å²) in [6.07, 6.45) is -1.90. The summed E-state index contributed by atoms with van der Waals surface area (Å²) in [6.45, 7) is 5.21. The van der Waals surface area contributed by atoms with Crippen molar-refractivity contribution in [3.63, 3.8) is 0 Å². The molecule has 0 radical (unpaired) electrons. The van der Waals surface area contributed by atoms with Gasteiger partial charge in [0.25, 0.3) is 0 Å². The van der Waals surface area contributed by atoms with Crippen LogP contribution in [0.2, 0.25) is 0 Å². The molecule has 1 saturated heterocycles. The summed E-state index contributed by atoms with van der Waals surface area (Å²) in [5.74, 6) is -2.51. The highest BCUT2D eigenvalue weighted by molar-refractivity contribution is 6.00. The molecule has 3 N–H and O–H groups in total. The van der Waals surface area contributed by atoms with Crippen LogP contribution in [0.15, 0.2) is 48.5 Å². The largest absolute Gasteiger partial charge is 0.480 e. The molecule has 1 fully saturated rings. The van der Waals surface area contributed by atoms with Gasteiger partial charge >= 0.3 is 18.0 Å². The number of rotatable bonds is 4. The van der Waals surface area contributed by atoms with Crippen molar-refractivity contribution in [3.05, 3.63) is 59.7 Å². The molecule has 8 nitrogen and oxygen atoms in total. The number of aliphatic carboxylic acids is 1. The van der Waals surface area contributed by atoms with Crippen LogP contribution in [0.1, 0.15) is 50.7 Å². The van der Waals surface area contributed by atoms with E-state index in [2.05, 4.69) is 0 Å². The molecule has 2 aliphatic rings. The highest BCUT2D eigenvalue weighted by Crippen LogP contribution is 2.45. The lowest BCUT2D eigenvalue weighted by molar-refractivity contribution is -0.185. The molecule has 1 aliphatic carbocycles. The van der Waals surface area contributed by atoms with Crippen LogP contribution < -0.4 is 5.73 Å². The zero-order chi connectivity index (χ0) is 24.7. The van der Waals surface area contributed by atoms with Gasteiger partial charge in [0.05, 0.1) is 0 Å². The predicted molar refractivity (Wildman–Crippen MR) is 125 cm³/mol. The summed E-state index contributed by atoms with van der Waals surface area (Å²) in [5, 5.41) is 9.99. The molecule has 0 saturated carbocycles. The average Bonchev–Trinajstić information content (AvgIpc) is 3.10. The minimum absolute atomic E-state index is 0.0223. The van der Waals surface area contributed by atoms with E-state index in [1.165, 1.54) is 0 Å². The van der Waals surface area contributed by atoms with E-state index in [4.69, 9.17) is 15.2 Å². The second-order valence-corrected chi connectivity index (χ2v) is 9.82. The minimum Gasteiger partial charge on any atom is -0.480 e. The number of carboxylic acid groups (broad SMARTS) is 1. The zero-order valence-electron chi connectivity index (χ0n) is 19.6. The van der Waals surface area contributed by atoms with Crippen LogP contribution in [0.3, 0.4) is 0 Å². The van der Waals surface area contributed by atoms with Crippen LogP contribution >= 0.6 is 0 Å². The fraction of sp³-hybridized carbons (Fsp3) is 0.423. The molecule has 34 heavy (non-hydrogen) atoms. The first kappa shape index (κ1) is 23.8. The Morgan fingerprint density at radius 3 is 2.15 bits per heavy atom. The van der Waals surface area contributed by atoms with E-state index in [1.54, 1.807) is 20.8 Å². The van der Waals surface area contributed by atoms with Gasteiger partial charge < -0.3 is 20.3 Å². The molecule has 0 bridgehead atoms. The molecule has 1 aliphatic heterocycles. The van der Waals surface area contributed by atoms with Crippen LogP contribution in [0.25, 0.3) is 11.1 Å². The van der Waals surface area contributed by atoms with Gasteiger partial charge in [-0.05, 0) is 55.9 Å². The van der Waals surface area contributed by atoms with E-state index >= 15 is 0 Å². The van der Waals surface area contributed by atoms with Gasteiger partial charge in [0.15, 0.2) is 5.41 Å². The summed E-state index contributed by atoms with van der Waals surface area (Å²) >= 11 is 0. The molecular formula is C26H30N2O6. The Morgan fingerprint density at radius 2 is 1.62 bits per heavy atom. The van der Waals surface area contributed by atoms with E-state index in [0.717, 1.165) is 27.2 Å². The molecule has 0 aromatic heterocycles. The lowest BCUT2D eigenvalue weighted by Crippen LogP contribution is -2.66. The molecule has 4 rings (SSSR count). The summed E-state index contributed by atoms with van der Waals surface area (Å²) in [4.78, 5) is 39.4. The number of carboxylic acids is 1. The van der Waals surface area contributed by atoms with E-state index in [1.807, 2.05) is 48.5 Å². The number of fused-ring (bicyclic) bond motifs is 3. The molecule has 0 spiro atoms. The third-order valence-electron chi connectivity index (χ3n) is 6.53. The zero-order valence-corrected chi connectivity index (χ0v) is 19.6. The topological polar surface area (TPSA) is 119 Å². The maximum absolute atomic E-state index is 13.1. The van der Waals surface area contributed by atoms with Crippen molar-refractivity contribution in [3.8, 4) is 11.1 Å². The molecule has 0 unspecified atom stereocenters. The number of amides is 1. The number of carbonyl (C=O) groups is 3. The highest BCUT2D eigenvalue weighted by Gasteiger charge is 2.58. The Morgan fingerprint density at radius 1 is 1.06 bits per heavy atom. The van der Waals surface area contributed by atoms with E-state index in [9.17, 15) is 19.5 Å². The SMILES string of the molecule is CC(C)(C)OC(=O)[C@]1(C(=O)O)CCCN(C(=O)OCC2c3ccccc3-c3ccccc32)[C@@H]1N. The van der Waals surface area contributed by atoms with Crippen LogP contribution in [0.5, 0.6) is 0 Å². The second-order valence-electron chi connectivity index (χ2n) is 9.82. The molecule has 2 aromatic carbocycles. The normalized spacial score (nSPS) is 22.0. The third kappa shape index (κ3) is 4.03. The van der Waals surface area contributed by atoms with E-state index in [-0.39, 0.29) is 31.9 Å². The Bertz CT molecular complexity index is 1080. The highest BCUT2D eigenvalue weighted by atomic mass is 16.6. The van der Waals surface area contributed by atoms with Gasteiger partial charge in [0.1, 0.15) is 18.4 Å². The van der Waals surface area contributed by atoms with Gasteiger partial charge in [-0.25, -0.2) is 4.79 Å². The number of carbonyl (C=O) groups excluding carboxylic acids is 2. The van der Waals surface area contributed by atoms with Crippen molar-refractivity contribution >= 4 is 18.0 Å². The monoisotopic (exact) mass is 466 g/mol. The second kappa shape index (κ2) is 8.76. The number of hydrogen-bond acceptors (Lipinski definition) is 6.